The van der Waals surface area contributed by atoms with E-state index in [1.54, 1.807) is 18.2 Å². The molecule has 0 bridgehead atoms. The largest absolute Gasteiger partial charge is 0.507 e. The van der Waals surface area contributed by atoms with Crippen LogP contribution in [0.1, 0.15) is 24.1 Å². The Balaban J connectivity index is 1.93. The fourth-order valence-electron chi connectivity index (χ4n) is 2.16. The van der Waals surface area contributed by atoms with E-state index in [-0.39, 0.29) is 17.5 Å². The maximum absolute atomic E-state index is 9.78. The van der Waals surface area contributed by atoms with Gasteiger partial charge in [-0.3, -0.25) is 0 Å². The number of benzene rings is 2. The van der Waals surface area contributed by atoms with Crippen molar-refractivity contribution in [3.63, 3.8) is 0 Å². The first-order valence-electron chi connectivity index (χ1n) is 6.46. The predicted molar refractivity (Wildman–Crippen MR) is 76.3 cm³/mol. The predicted octanol–water partition coefficient (Wildman–Crippen LogP) is 2.99. The molecule has 2 aromatic carbocycles. The summed E-state index contributed by atoms with van der Waals surface area (Å²) in [6, 6.07) is 14.9. The molecule has 2 rings (SSSR count). The number of nitrogens with one attached hydrogen (secondary N) is 1. The van der Waals surface area contributed by atoms with Crippen LogP contribution in [0.4, 0.5) is 0 Å². The normalized spacial score (nSPS) is 12.3. The molecule has 0 spiro atoms. The zero-order chi connectivity index (χ0) is 13.7. The Hall–Kier alpha value is -2.00. The van der Waals surface area contributed by atoms with Gasteiger partial charge in [0.1, 0.15) is 11.5 Å². The summed E-state index contributed by atoms with van der Waals surface area (Å²) in [4.78, 5) is 0. The number of rotatable bonds is 5. The van der Waals surface area contributed by atoms with E-state index in [9.17, 15) is 10.2 Å². The zero-order valence-corrected chi connectivity index (χ0v) is 11.0. The summed E-state index contributed by atoms with van der Waals surface area (Å²) in [7, 11) is 0. The molecule has 0 aliphatic heterocycles. The molecule has 0 aliphatic carbocycles. The van der Waals surface area contributed by atoms with Crippen LogP contribution in [-0.2, 0) is 6.42 Å². The molecule has 0 radical (unpaired) electrons. The van der Waals surface area contributed by atoms with E-state index < -0.39 is 0 Å². The molecule has 3 N–H and O–H groups in total. The first kappa shape index (κ1) is 13.4. The fourth-order valence-corrected chi connectivity index (χ4v) is 2.16. The standard InChI is InChI=1S/C16H19NO2/c1-12(16-14(18)8-5-9-15(16)19)17-11-10-13-6-3-2-4-7-13/h2-9,12,17-19H,10-11H2,1H3. The Labute approximate surface area is 113 Å². The lowest BCUT2D eigenvalue weighted by molar-refractivity contribution is 0.419. The van der Waals surface area contributed by atoms with Gasteiger partial charge in [-0.15, -0.1) is 0 Å². The summed E-state index contributed by atoms with van der Waals surface area (Å²) in [6.07, 6.45) is 0.916. The van der Waals surface area contributed by atoms with E-state index in [1.165, 1.54) is 5.56 Å². The smallest absolute Gasteiger partial charge is 0.124 e. The van der Waals surface area contributed by atoms with Crippen molar-refractivity contribution in [2.45, 2.75) is 19.4 Å². The molecule has 0 amide bonds. The van der Waals surface area contributed by atoms with Crippen LogP contribution in [-0.4, -0.2) is 16.8 Å². The molecule has 1 unspecified atom stereocenters. The summed E-state index contributed by atoms with van der Waals surface area (Å²) in [5.41, 5.74) is 1.82. The summed E-state index contributed by atoms with van der Waals surface area (Å²) in [5, 5.41) is 22.9. The van der Waals surface area contributed by atoms with Gasteiger partial charge < -0.3 is 15.5 Å². The SMILES string of the molecule is CC(NCCc1ccccc1)c1c(O)cccc1O. The number of phenolic OH excluding ortho intramolecular Hbond substituents is 2. The molecule has 2 aromatic rings. The second-order valence-corrected chi connectivity index (χ2v) is 4.62. The lowest BCUT2D eigenvalue weighted by Gasteiger charge is -2.16. The minimum atomic E-state index is -0.0927. The van der Waals surface area contributed by atoms with Gasteiger partial charge in [-0.05, 0) is 37.6 Å². The maximum Gasteiger partial charge on any atom is 0.124 e. The molecule has 0 fully saturated rings. The van der Waals surface area contributed by atoms with Gasteiger partial charge in [0.2, 0.25) is 0 Å². The average molecular weight is 257 g/mol. The third-order valence-electron chi connectivity index (χ3n) is 3.20. The second-order valence-electron chi connectivity index (χ2n) is 4.62. The Morgan fingerprint density at radius 1 is 0.947 bits per heavy atom. The summed E-state index contributed by atoms with van der Waals surface area (Å²) >= 11 is 0. The fraction of sp³-hybridized carbons (Fsp3) is 0.250. The van der Waals surface area contributed by atoms with Crippen molar-refractivity contribution in [1.82, 2.24) is 5.32 Å². The van der Waals surface area contributed by atoms with Gasteiger partial charge in [0.25, 0.3) is 0 Å². The Bertz CT molecular complexity index is 505. The molecule has 100 valence electrons. The summed E-state index contributed by atoms with van der Waals surface area (Å²) in [5.74, 6) is 0.249. The molecule has 19 heavy (non-hydrogen) atoms. The molecule has 3 nitrogen and oxygen atoms in total. The van der Waals surface area contributed by atoms with Gasteiger partial charge >= 0.3 is 0 Å². The van der Waals surface area contributed by atoms with Crippen molar-refractivity contribution in [3.8, 4) is 11.5 Å². The van der Waals surface area contributed by atoms with Gasteiger partial charge in [0.05, 0.1) is 5.56 Å². The van der Waals surface area contributed by atoms with Crippen LogP contribution < -0.4 is 5.32 Å². The monoisotopic (exact) mass is 257 g/mol. The average Bonchev–Trinajstić information content (AvgIpc) is 2.40. The van der Waals surface area contributed by atoms with E-state index in [4.69, 9.17) is 0 Å². The van der Waals surface area contributed by atoms with Gasteiger partial charge in [0, 0.05) is 6.04 Å². The first-order valence-corrected chi connectivity index (χ1v) is 6.46. The van der Waals surface area contributed by atoms with Crippen molar-refractivity contribution in [3.05, 3.63) is 59.7 Å². The van der Waals surface area contributed by atoms with Crippen LogP contribution in [0.2, 0.25) is 0 Å². The molecular formula is C16H19NO2. The van der Waals surface area contributed by atoms with Crippen molar-refractivity contribution in [2.24, 2.45) is 0 Å². The third-order valence-corrected chi connectivity index (χ3v) is 3.20. The molecule has 1 atom stereocenters. The van der Waals surface area contributed by atoms with E-state index >= 15 is 0 Å². The molecule has 0 aromatic heterocycles. The second kappa shape index (κ2) is 6.25. The van der Waals surface area contributed by atoms with Crippen molar-refractivity contribution < 1.29 is 10.2 Å². The van der Waals surface area contributed by atoms with E-state index in [0.29, 0.717) is 5.56 Å². The first-order chi connectivity index (χ1) is 9.18. The highest BCUT2D eigenvalue weighted by Crippen LogP contribution is 2.31. The number of hydrogen-bond acceptors (Lipinski definition) is 3. The third kappa shape index (κ3) is 3.48. The van der Waals surface area contributed by atoms with Crippen molar-refractivity contribution >= 4 is 0 Å². The molecule has 0 saturated heterocycles. The molecular weight excluding hydrogens is 238 g/mol. The van der Waals surface area contributed by atoms with Crippen molar-refractivity contribution in [2.75, 3.05) is 6.54 Å². The van der Waals surface area contributed by atoms with Gasteiger partial charge in [0.15, 0.2) is 0 Å². The van der Waals surface area contributed by atoms with E-state index in [1.807, 2.05) is 25.1 Å². The van der Waals surface area contributed by atoms with Crippen LogP contribution in [0.5, 0.6) is 11.5 Å². The minimum Gasteiger partial charge on any atom is -0.507 e. The molecule has 0 aliphatic rings. The lowest BCUT2D eigenvalue weighted by Crippen LogP contribution is -2.21. The summed E-state index contributed by atoms with van der Waals surface area (Å²) < 4.78 is 0. The lowest BCUT2D eigenvalue weighted by atomic mass is 10.1. The van der Waals surface area contributed by atoms with Gasteiger partial charge in [-0.2, -0.15) is 0 Å². The zero-order valence-electron chi connectivity index (χ0n) is 11.0. The quantitative estimate of drug-likeness (QED) is 0.771. The van der Waals surface area contributed by atoms with Gasteiger partial charge in [-0.1, -0.05) is 36.4 Å². The van der Waals surface area contributed by atoms with E-state index in [2.05, 4.69) is 17.4 Å². The van der Waals surface area contributed by atoms with Crippen LogP contribution in [0.3, 0.4) is 0 Å². The minimum absolute atomic E-state index is 0.0927. The van der Waals surface area contributed by atoms with Crippen molar-refractivity contribution in [1.29, 1.82) is 0 Å². The Morgan fingerprint density at radius 2 is 1.58 bits per heavy atom. The van der Waals surface area contributed by atoms with Gasteiger partial charge in [-0.25, -0.2) is 0 Å². The van der Waals surface area contributed by atoms with Crippen LogP contribution in [0.25, 0.3) is 0 Å². The highest BCUT2D eigenvalue weighted by Gasteiger charge is 2.13. The maximum atomic E-state index is 9.78. The highest BCUT2D eigenvalue weighted by molar-refractivity contribution is 5.44. The van der Waals surface area contributed by atoms with E-state index in [0.717, 1.165) is 13.0 Å². The van der Waals surface area contributed by atoms with Crippen LogP contribution in [0.15, 0.2) is 48.5 Å². The number of aromatic hydroxyl groups is 2. The topological polar surface area (TPSA) is 52.5 Å². The highest BCUT2D eigenvalue weighted by atomic mass is 16.3. The Morgan fingerprint density at radius 3 is 2.21 bits per heavy atom. The molecule has 0 heterocycles. The molecule has 3 heteroatoms. The number of phenols is 2. The number of hydrogen-bond donors (Lipinski definition) is 3. The Kier molecular flexibility index (Phi) is 4.42. The van der Waals surface area contributed by atoms with Crippen LogP contribution in [0, 0.1) is 0 Å². The molecule has 0 saturated carbocycles. The summed E-state index contributed by atoms with van der Waals surface area (Å²) in [6.45, 7) is 2.72. The van der Waals surface area contributed by atoms with Crippen LogP contribution >= 0.6 is 0 Å².